The molecule has 126 valence electrons. The summed E-state index contributed by atoms with van der Waals surface area (Å²) in [5.41, 5.74) is 3.99. The van der Waals surface area contributed by atoms with E-state index < -0.39 is 41.3 Å². The number of hydrogen-bond donors (Lipinski definition) is 2. The number of aliphatic carboxylic acids is 1. The van der Waals surface area contributed by atoms with E-state index in [4.69, 9.17) is 15.2 Å². The molecule has 1 aliphatic heterocycles. The molecule has 1 fully saturated rings. The van der Waals surface area contributed by atoms with Gasteiger partial charge in [-0.15, -0.1) is 0 Å². The van der Waals surface area contributed by atoms with E-state index in [0.29, 0.717) is 0 Å². The zero-order chi connectivity index (χ0) is 17.3. The van der Waals surface area contributed by atoms with Gasteiger partial charge >= 0.3 is 11.9 Å². The number of nitrogens with two attached hydrogens (primary N) is 1. The molecule has 1 heterocycles. The standard InChI is InChI=1S/C14H24N2O6/c1-13(2,3)22-10(17)6-8(15)11(18)16-9(12(19)20)7-21-14(16,4)5/h8-9H,6-7,15H2,1-5H3,(H,19,20)/t8-,9-/m0/s1. The number of rotatable bonds is 4. The molecule has 22 heavy (non-hydrogen) atoms. The highest BCUT2D eigenvalue weighted by Gasteiger charge is 2.48. The molecule has 0 aromatic heterocycles. The molecule has 1 aliphatic rings. The summed E-state index contributed by atoms with van der Waals surface area (Å²) in [6.07, 6.45) is -0.324. The van der Waals surface area contributed by atoms with E-state index in [2.05, 4.69) is 0 Å². The summed E-state index contributed by atoms with van der Waals surface area (Å²) in [6.45, 7) is 8.15. The lowest BCUT2D eigenvalue weighted by Crippen LogP contribution is -2.56. The summed E-state index contributed by atoms with van der Waals surface area (Å²) < 4.78 is 10.4. The quantitative estimate of drug-likeness (QED) is 0.705. The molecule has 0 spiro atoms. The van der Waals surface area contributed by atoms with Crippen LogP contribution in [0.1, 0.15) is 41.0 Å². The van der Waals surface area contributed by atoms with Crippen LogP contribution in [0, 0.1) is 0 Å². The first kappa shape index (κ1) is 18.4. The first-order valence-electron chi connectivity index (χ1n) is 7.02. The fraction of sp³-hybridized carbons (Fsp3) is 0.786. The smallest absolute Gasteiger partial charge is 0.328 e. The molecule has 1 rings (SSSR count). The topological polar surface area (TPSA) is 119 Å². The monoisotopic (exact) mass is 316 g/mol. The molecule has 3 N–H and O–H groups in total. The van der Waals surface area contributed by atoms with Gasteiger partial charge in [-0.05, 0) is 34.6 Å². The van der Waals surface area contributed by atoms with Crippen LogP contribution in [0.4, 0.5) is 0 Å². The maximum absolute atomic E-state index is 12.4. The Kier molecular flexibility index (Phi) is 5.19. The van der Waals surface area contributed by atoms with E-state index in [9.17, 15) is 19.5 Å². The molecule has 0 radical (unpaired) electrons. The van der Waals surface area contributed by atoms with Crippen LogP contribution in [0.15, 0.2) is 0 Å². The molecule has 0 aromatic rings. The van der Waals surface area contributed by atoms with Crippen LogP contribution in [-0.4, -0.2) is 57.9 Å². The highest BCUT2D eigenvalue weighted by atomic mass is 16.6. The predicted octanol–water partition coefficient (Wildman–Crippen LogP) is 0.0936. The van der Waals surface area contributed by atoms with Crippen LogP contribution in [0.2, 0.25) is 0 Å². The lowest BCUT2D eigenvalue weighted by atomic mass is 10.1. The largest absolute Gasteiger partial charge is 0.480 e. The van der Waals surface area contributed by atoms with Gasteiger partial charge in [0.05, 0.1) is 19.1 Å². The summed E-state index contributed by atoms with van der Waals surface area (Å²) in [6, 6.07) is -2.30. The van der Waals surface area contributed by atoms with E-state index in [0.717, 1.165) is 4.90 Å². The Labute approximate surface area is 129 Å². The lowest BCUT2D eigenvalue weighted by molar-refractivity contribution is -0.161. The van der Waals surface area contributed by atoms with Gasteiger partial charge in [0.25, 0.3) is 0 Å². The van der Waals surface area contributed by atoms with Crippen molar-refractivity contribution in [1.29, 1.82) is 0 Å². The summed E-state index contributed by atoms with van der Waals surface area (Å²) >= 11 is 0. The van der Waals surface area contributed by atoms with Crippen LogP contribution in [0.25, 0.3) is 0 Å². The Morgan fingerprint density at radius 3 is 2.41 bits per heavy atom. The van der Waals surface area contributed by atoms with Crippen molar-refractivity contribution in [3.63, 3.8) is 0 Å². The number of carboxylic acids is 1. The number of carbonyl (C=O) groups is 3. The first-order valence-corrected chi connectivity index (χ1v) is 7.02. The van der Waals surface area contributed by atoms with E-state index in [1.807, 2.05) is 0 Å². The van der Waals surface area contributed by atoms with Gasteiger partial charge in [0.1, 0.15) is 11.3 Å². The average molecular weight is 316 g/mol. The van der Waals surface area contributed by atoms with Crippen LogP contribution < -0.4 is 5.73 Å². The molecule has 0 aliphatic carbocycles. The average Bonchev–Trinajstić information content (AvgIpc) is 2.61. The van der Waals surface area contributed by atoms with Gasteiger partial charge in [-0.2, -0.15) is 0 Å². The van der Waals surface area contributed by atoms with E-state index >= 15 is 0 Å². The third kappa shape index (κ3) is 4.41. The number of carbonyl (C=O) groups excluding carboxylic acids is 2. The van der Waals surface area contributed by atoms with Gasteiger partial charge in [-0.25, -0.2) is 4.79 Å². The maximum Gasteiger partial charge on any atom is 0.328 e. The number of ether oxygens (including phenoxy) is 2. The Balaban J connectivity index is 2.80. The second kappa shape index (κ2) is 6.21. The molecule has 1 saturated heterocycles. The van der Waals surface area contributed by atoms with Crippen LogP contribution in [0.3, 0.4) is 0 Å². The number of carboxylic acid groups (broad SMARTS) is 1. The molecule has 2 atom stereocenters. The SMILES string of the molecule is CC(C)(C)OC(=O)C[C@H](N)C(=O)N1[C@H](C(=O)O)COC1(C)C. The van der Waals surface area contributed by atoms with Gasteiger partial charge in [0, 0.05) is 0 Å². The third-order valence-electron chi connectivity index (χ3n) is 3.13. The molecule has 8 heteroatoms. The minimum atomic E-state index is -1.18. The van der Waals surface area contributed by atoms with Crippen molar-refractivity contribution in [2.45, 2.75) is 64.4 Å². The Morgan fingerprint density at radius 2 is 1.95 bits per heavy atom. The Morgan fingerprint density at radius 1 is 1.41 bits per heavy atom. The predicted molar refractivity (Wildman–Crippen MR) is 76.7 cm³/mol. The van der Waals surface area contributed by atoms with Gasteiger partial charge < -0.3 is 20.3 Å². The minimum absolute atomic E-state index is 0.118. The van der Waals surface area contributed by atoms with Crippen molar-refractivity contribution in [3.8, 4) is 0 Å². The highest BCUT2D eigenvalue weighted by molar-refractivity contribution is 5.90. The second-order valence-electron chi connectivity index (χ2n) is 6.72. The zero-order valence-corrected chi connectivity index (χ0v) is 13.6. The fourth-order valence-corrected chi connectivity index (χ4v) is 2.23. The zero-order valence-electron chi connectivity index (χ0n) is 13.6. The third-order valence-corrected chi connectivity index (χ3v) is 3.13. The van der Waals surface area contributed by atoms with Crippen LogP contribution >= 0.6 is 0 Å². The summed E-state index contributed by atoms with van der Waals surface area (Å²) in [5.74, 6) is -2.44. The molecular formula is C14H24N2O6. The highest BCUT2D eigenvalue weighted by Crippen LogP contribution is 2.28. The van der Waals surface area contributed by atoms with Gasteiger partial charge in [0.15, 0.2) is 6.04 Å². The fourth-order valence-electron chi connectivity index (χ4n) is 2.23. The molecule has 0 aromatic carbocycles. The van der Waals surface area contributed by atoms with Crippen molar-refractivity contribution in [3.05, 3.63) is 0 Å². The van der Waals surface area contributed by atoms with Crippen molar-refractivity contribution >= 4 is 17.8 Å². The normalized spacial score (nSPS) is 22.3. The molecular weight excluding hydrogens is 292 g/mol. The second-order valence-corrected chi connectivity index (χ2v) is 6.72. The van der Waals surface area contributed by atoms with Crippen molar-refractivity contribution in [1.82, 2.24) is 4.90 Å². The minimum Gasteiger partial charge on any atom is -0.480 e. The number of esters is 1. The van der Waals surface area contributed by atoms with E-state index in [1.54, 1.807) is 34.6 Å². The summed E-state index contributed by atoms with van der Waals surface area (Å²) in [4.78, 5) is 36.5. The Hall–Kier alpha value is -1.67. The summed E-state index contributed by atoms with van der Waals surface area (Å²) in [5, 5.41) is 9.17. The van der Waals surface area contributed by atoms with Crippen LogP contribution in [0.5, 0.6) is 0 Å². The molecule has 0 saturated carbocycles. The molecule has 0 bridgehead atoms. The Bertz CT molecular complexity index is 468. The van der Waals surface area contributed by atoms with E-state index in [1.165, 1.54) is 0 Å². The first-order chi connectivity index (χ1) is 9.85. The maximum atomic E-state index is 12.4. The van der Waals surface area contributed by atoms with Crippen molar-refractivity contribution < 1.29 is 29.0 Å². The lowest BCUT2D eigenvalue weighted by Gasteiger charge is -2.34. The van der Waals surface area contributed by atoms with Gasteiger partial charge in [-0.3, -0.25) is 14.5 Å². The van der Waals surface area contributed by atoms with Gasteiger partial charge in [0.2, 0.25) is 5.91 Å². The van der Waals surface area contributed by atoms with Gasteiger partial charge in [-0.1, -0.05) is 0 Å². The van der Waals surface area contributed by atoms with Crippen molar-refractivity contribution in [2.24, 2.45) is 5.73 Å². The number of amides is 1. The summed E-state index contributed by atoms with van der Waals surface area (Å²) in [7, 11) is 0. The van der Waals surface area contributed by atoms with Crippen LogP contribution in [-0.2, 0) is 23.9 Å². The van der Waals surface area contributed by atoms with E-state index in [-0.39, 0.29) is 13.0 Å². The van der Waals surface area contributed by atoms with Crippen molar-refractivity contribution in [2.75, 3.05) is 6.61 Å². The molecule has 0 unspecified atom stereocenters. The molecule has 8 nitrogen and oxygen atoms in total. The number of nitrogens with zero attached hydrogens (tertiary/aromatic N) is 1. The number of hydrogen-bond acceptors (Lipinski definition) is 6. The molecule has 1 amide bonds.